The number of pyridine rings is 1. The fourth-order valence-corrected chi connectivity index (χ4v) is 10.1. The molecule has 2 aromatic heterocycles. The molecular weight excluding hydrogens is 964 g/mol. The van der Waals surface area contributed by atoms with Crippen LogP contribution < -0.4 is 13.9 Å². The van der Waals surface area contributed by atoms with Gasteiger partial charge in [0.25, 0.3) is 0 Å². The number of ether oxygens (including phenoxy) is 1. The molecule has 1 saturated heterocycles. The molecule has 0 spiro atoms. The van der Waals surface area contributed by atoms with E-state index >= 15 is 0 Å². The van der Waals surface area contributed by atoms with E-state index in [0.29, 0.717) is 32.5 Å². The van der Waals surface area contributed by atoms with Crippen LogP contribution in [0.5, 0.6) is 11.5 Å². The number of aromatic nitrogens is 2. The molecule has 11 rings (SSSR count). The maximum Gasteiger partial charge on any atom is 0.225 e. The molecule has 2 aliphatic rings. The van der Waals surface area contributed by atoms with E-state index in [0.717, 1.165) is 33.3 Å². The van der Waals surface area contributed by atoms with Crippen LogP contribution in [0.15, 0.2) is 164 Å². The SMILES string of the molecule is CC(C)c1cccc(C(C)C)c1-c1cc(-c2ccccc2)cc([N@+]23[CH-][N+]2(c2[c-]c(Oc4[c-]c5c(cc4)c4ccccc4n5-c4cc(C(C)(C)C)ccn4)ccc2)c2ccccc23)c1.[Pt]. The summed E-state index contributed by atoms with van der Waals surface area (Å²) in [5, 5.41) is 2.25. The van der Waals surface area contributed by atoms with Crippen LogP contribution in [0.4, 0.5) is 22.7 Å². The van der Waals surface area contributed by atoms with E-state index in [-0.39, 0.29) is 26.5 Å². The Balaban J connectivity index is 0.00000484. The van der Waals surface area contributed by atoms with Crippen LogP contribution >= 0.6 is 0 Å². The molecule has 0 saturated carbocycles. The molecule has 0 aliphatic carbocycles. The van der Waals surface area contributed by atoms with Crippen molar-refractivity contribution in [3.05, 3.63) is 199 Å². The molecule has 0 radical (unpaired) electrons. The van der Waals surface area contributed by atoms with Crippen molar-refractivity contribution in [2.45, 2.75) is 65.7 Å². The number of hydrogen-bond acceptors (Lipinski definition) is 2. The van der Waals surface area contributed by atoms with Gasteiger partial charge in [0.05, 0.1) is 5.69 Å². The molecule has 0 bridgehead atoms. The van der Waals surface area contributed by atoms with Gasteiger partial charge in [0, 0.05) is 68.5 Å². The fourth-order valence-electron chi connectivity index (χ4n) is 10.1. The first-order valence-electron chi connectivity index (χ1n) is 22.2. The molecule has 4 heterocycles. The summed E-state index contributed by atoms with van der Waals surface area (Å²) in [4.78, 5) is 4.88. The minimum atomic E-state index is -0.0208. The third-order valence-electron chi connectivity index (χ3n) is 13.2. The van der Waals surface area contributed by atoms with Crippen molar-refractivity contribution >= 4 is 44.6 Å². The van der Waals surface area contributed by atoms with Gasteiger partial charge in [-0.25, -0.2) is 9.58 Å². The maximum absolute atomic E-state index is 6.75. The number of para-hydroxylation sites is 3. The molecule has 7 aromatic carbocycles. The van der Waals surface area contributed by atoms with Crippen molar-refractivity contribution in [1.82, 2.24) is 18.7 Å². The first-order chi connectivity index (χ1) is 30.5. The second-order valence-corrected chi connectivity index (χ2v) is 18.8. The summed E-state index contributed by atoms with van der Waals surface area (Å²) in [6.45, 7) is 18.4. The molecular formula is C58H51N4OPt-. The third kappa shape index (κ3) is 6.43. The Labute approximate surface area is 391 Å². The van der Waals surface area contributed by atoms with Crippen LogP contribution in [0.25, 0.3) is 49.9 Å². The van der Waals surface area contributed by atoms with Crippen molar-refractivity contribution in [3.8, 4) is 39.6 Å². The van der Waals surface area contributed by atoms with Gasteiger partial charge in [0.2, 0.25) is 11.4 Å². The van der Waals surface area contributed by atoms with Gasteiger partial charge < -0.3 is 9.30 Å². The van der Waals surface area contributed by atoms with Crippen molar-refractivity contribution in [1.29, 1.82) is 0 Å². The molecule has 320 valence electrons. The van der Waals surface area contributed by atoms with Crippen LogP contribution in [-0.2, 0) is 26.5 Å². The zero-order chi connectivity index (χ0) is 43.3. The minimum absolute atomic E-state index is 0. The Morgan fingerprint density at radius 3 is 1.98 bits per heavy atom. The molecule has 6 heteroatoms. The minimum Gasteiger partial charge on any atom is -0.509 e. The first kappa shape index (κ1) is 41.9. The van der Waals surface area contributed by atoms with E-state index in [1.807, 2.05) is 18.3 Å². The summed E-state index contributed by atoms with van der Waals surface area (Å²) in [6, 6.07) is 64.4. The van der Waals surface area contributed by atoms with Gasteiger partial charge in [-0.3, -0.25) is 0 Å². The van der Waals surface area contributed by atoms with Gasteiger partial charge >= 0.3 is 0 Å². The summed E-state index contributed by atoms with van der Waals surface area (Å²) in [7, 11) is 0. The second kappa shape index (κ2) is 15.6. The van der Waals surface area contributed by atoms with E-state index in [9.17, 15) is 0 Å². The second-order valence-electron chi connectivity index (χ2n) is 18.8. The molecule has 1 fully saturated rings. The summed E-state index contributed by atoms with van der Waals surface area (Å²) < 4.78 is 10.0. The molecule has 0 N–H and O–H groups in total. The Hall–Kier alpha value is -6.10. The number of hydrogen-bond donors (Lipinski definition) is 0. The fraction of sp³-hybridized carbons (Fsp3) is 0.172. The number of fused-ring (bicyclic) bond motifs is 7. The van der Waals surface area contributed by atoms with Gasteiger partial charge in [-0.15, -0.1) is 29.7 Å². The van der Waals surface area contributed by atoms with E-state index in [1.54, 1.807) is 0 Å². The van der Waals surface area contributed by atoms with Crippen LogP contribution in [0.3, 0.4) is 0 Å². The molecule has 1 unspecified atom stereocenters. The summed E-state index contributed by atoms with van der Waals surface area (Å²) >= 11 is 0. The topological polar surface area (TPSA) is 27.1 Å². The maximum atomic E-state index is 6.75. The summed E-state index contributed by atoms with van der Waals surface area (Å²) in [5.74, 6) is 2.87. The van der Waals surface area contributed by atoms with Crippen LogP contribution in [0.2, 0.25) is 0 Å². The van der Waals surface area contributed by atoms with Crippen LogP contribution in [0.1, 0.15) is 77.0 Å². The van der Waals surface area contributed by atoms with E-state index in [1.165, 1.54) is 56.0 Å². The van der Waals surface area contributed by atoms with Crippen LogP contribution in [0, 0.1) is 18.8 Å². The van der Waals surface area contributed by atoms with Crippen molar-refractivity contribution in [3.63, 3.8) is 0 Å². The molecule has 9 aromatic rings. The van der Waals surface area contributed by atoms with Crippen molar-refractivity contribution in [2.24, 2.45) is 0 Å². The standard InChI is InChI=1S/C58H51N4O.Pt/c1-38(2)48-22-16-23-49(39(3)4)57(48)42-31-41(40-17-9-8-10-18-40)32-45(33-42)62-37-61(62,54-25-13-14-26-55(54)62)44-19-15-20-46(35-44)63-47-27-28-51-50-21-11-12-24-52(50)60(53(51)36-47)56-34-43(29-30-59-56)58(5,6)7;/h8-34,37-39H,1-7H3;/q-1;/t61?,62-;/m0./s1. The van der Waals surface area contributed by atoms with Crippen molar-refractivity contribution < 1.29 is 25.8 Å². The summed E-state index contributed by atoms with van der Waals surface area (Å²) in [6.07, 6.45) is 1.91. The van der Waals surface area contributed by atoms with Gasteiger partial charge in [-0.2, -0.15) is 16.7 Å². The Morgan fingerprint density at radius 1 is 0.594 bits per heavy atom. The first-order valence-corrected chi connectivity index (χ1v) is 22.2. The van der Waals surface area contributed by atoms with E-state index < -0.39 is 0 Å². The normalized spacial score (nSPS) is 17.5. The van der Waals surface area contributed by atoms with Gasteiger partial charge in [-0.1, -0.05) is 139 Å². The number of benzene rings is 7. The molecule has 2 atom stereocenters. The average Bonchev–Trinajstić information content (AvgIpc) is 3.79. The Kier molecular flexibility index (Phi) is 10.2. The molecule has 5 nitrogen and oxygen atoms in total. The molecule has 0 amide bonds. The van der Waals surface area contributed by atoms with Gasteiger partial charge in [0.15, 0.2) is 12.4 Å². The van der Waals surface area contributed by atoms with Crippen LogP contribution in [-0.4, -0.2) is 9.55 Å². The Bertz CT molecular complexity index is 3230. The monoisotopic (exact) mass is 1010 g/mol. The largest absolute Gasteiger partial charge is 0.509 e. The predicted molar refractivity (Wildman–Crippen MR) is 261 cm³/mol. The van der Waals surface area contributed by atoms with E-state index in [4.69, 9.17) is 9.72 Å². The van der Waals surface area contributed by atoms with Crippen molar-refractivity contribution in [2.75, 3.05) is 0 Å². The number of rotatable bonds is 9. The number of quaternary nitrogens is 2. The van der Waals surface area contributed by atoms with Gasteiger partial charge in [-0.05, 0) is 85.8 Å². The smallest absolute Gasteiger partial charge is 0.225 e. The van der Waals surface area contributed by atoms with Gasteiger partial charge in [0.1, 0.15) is 5.82 Å². The average molecular weight is 1020 g/mol. The Morgan fingerprint density at radius 2 is 1.25 bits per heavy atom. The summed E-state index contributed by atoms with van der Waals surface area (Å²) in [5.41, 5.74) is 15.7. The number of nitrogens with zero attached hydrogens (tertiary/aromatic N) is 4. The molecule has 64 heavy (non-hydrogen) atoms. The van der Waals surface area contributed by atoms with E-state index in [2.05, 4.69) is 217 Å². The predicted octanol–water partition coefficient (Wildman–Crippen LogP) is 15.8. The zero-order valence-electron chi connectivity index (χ0n) is 37.3. The molecule has 2 aliphatic heterocycles. The third-order valence-corrected chi connectivity index (χ3v) is 13.2. The quantitative estimate of drug-likeness (QED) is 0.0818. The zero-order valence-corrected chi connectivity index (χ0v) is 39.6.